The summed E-state index contributed by atoms with van der Waals surface area (Å²) >= 11 is 5.79. The van der Waals surface area contributed by atoms with E-state index in [2.05, 4.69) is 0 Å². The first kappa shape index (κ1) is 16.7. The van der Waals surface area contributed by atoms with Crippen molar-refractivity contribution in [3.05, 3.63) is 34.6 Å². The molecule has 1 saturated carbocycles. The number of hydrogen-bond donors (Lipinski definition) is 1. The number of amides is 1. The van der Waals surface area contributed by atoms with Gasteiger partial charge in [0, 0.05) is 23.5 Å². The maximum absolute atomic E-state index is 14.0. The first-order chi connectivity index (χ1) is 11.0. The van der Waals surface area contributed by atoms with E-state index in [9.17, 15) is 14.3 Å². The molecule has 2 aliphatic rings. The van der Waals surface area contributed by atoms with Gasteiger partial charge in [-0.1, -0.05) is 17.7 Å². The minimum atomic E-state index is -0.330. The molecule has 23 heavy (non-hydrogen) atoms. The van der Waals surface area contributed by atoms with Gasteiger partial charge in [-0.15, -0.1) is 0 Å². The van der Waals surface area contributed by atoms with Crippen LogP contribution in [0.15, 0.2) is 18.2 Å². The Hall–Kier alpha value is -1.13. The molecule has 1 aliphatic carbocycles. The predicted molar refractivity (Wildman–Crippen MR) is 87.8 cm³/mol. The number of carbonyl (C=O) groups excluding carboxylic acids is 1. The van der Waals surface area contributed by atoms with Crippen LogP contribution in [-0.2, 0) is 11.2 Å². The first-order valence-corrected chi connectivity index (χ1v) is 8.85. The molecule has 0 aromatic heterocycles. The van der Waals surface area contributed by atoms with Crippen LogP contribution in [0.25, 0.3) is 0 Å². The van der Waals surface area contributed by atoms with Crippen molar-refractivity contribution < 1.29 is 14.3 Å². The van der Waals surface area contributed by atoms with Crippen LogP contribution < -0.4 is 0 Å². The summed E-state index contributed by atoms with van der Waals surface area (Å²) in [4.78, 5) is 14.8. The molecule has 1 unspecified atom stereocenters. The standard InChI is InChI=1S/C18H23ClFNO2/c19-14-4-3-12(17(20)11-14)10-13-2-1-9-21(18(13)23)15-5-7-16(22)8-6-15/h3-4,11,13,15-16,22H,1-2,5-10H2. The van der Waals surface area contributed by atoms with E-state index in [4.69, 9.17) is 11.6 Å². The van der Waals surface area contributed by atoms with Gasteiger partial charge in [-0.2, -0.15) is 0 Å². The van der Waals surface area contributed by atoms with Gasteiger partial charge in [0.05, 0.1) is 6.10 Å². The second-order valence-electron chi connectivity index (χ2n) is 6.77. The van der Waals surface area contributed by atoms with Crippen LogP contribution in [0.3, 0.4) is 0 Å². The lowest BCUT2D eigenvalue weighted by Crippen LogP contribution is -2.49. The Morgan fingerprint density at radius 1 is 1.22 bits per heavy atom. The lowest BCUT2D eigenvalue weighted by Gasteiger charge is -2.40. The summed E-state index contributed by atoms with van der Waals surface area (Å²) in [6.07, 6.45) is 5.27. The largest absolute Gasteiger partial charge is 0.393 e. The Labute approximate surface area is 141 Å². The van der Waals surface area contributed by atoms with Crippen LogP contribution in [0.2, 0.25) is 5.02 Å². The van der Waals surface area contributed by atoms with Crippen molar-refractivity contribution >= 4 is 17.5 Å². The van der Waals surface area contributed by atoms with Gasteiger partial charge in [0.2, 0.25) is 5.91 Å². The van der Waals surface area contributed by atoms with Gasteiger partial charge in [0.1, 0.15) is 5.82 Å². The molecular formula is C18H23ClFNO2. The fraction of sp³-hybridized carbons (Fsp3) is 0.611. The normalized spacial score (nSPS) is 28.9. The molecule has 0 radical (unpaired) electrons. The summed E-state index contributed by atoms with van der Waals surface area (Å²) in [5.41, 5.74) is 0.564. The number of carbonyl (C=O) groups is 1. The molecule has 1 atom stereocenters. The van der Waals surface area contributed by atoms with Crippen LogP contribution >= 0.6 is 11.6 Å². The minimum Gasteiger partial charge on any atom is -0.393 e. The molecule has 1 heterocycles. The summed E-state index contributed by atoms with van der Waals surface area (Å²) < 4.78 is 14.0. The number of likely N-dealkylation sites (tertiary alicyclic amines) is 1. The van der Waals surface area contributed by atoms with Crippen LogP contribution in [0.4, 0.5) is 4.39 Å². The van der Waals surface area contributed by atoms with E-state index in [-0.39, 0.29) is 29.8 Å². The van der Waals surface area contributed by atoms with E-state index in [1.165, 1.54) is 6.07 Å². The third kappa shape index (κ3) is 3.86. The van der Waals surface area contributed by atoms with Gasteiger partial charge in [0.15, 0.2) is 0 Å². The van der Waals surface area contributed by atoms with Crippen LogP contribution in [0, 0.1) is 11.7 Å². The lowest BCUT2D eigenvalue weighted by molar-refractivity contribution is -0.142. The quantitative estimate of drug-likeness (QED) is 0.914. The zero-order valence-corrected chi connectivity index (χ0v) is 13.9. The first-order valence-electron chi connectivity index (χ1n) is 8.47. The number of nitrogens with zero attached hydrogens (tertiary/aromatic N) is 1. The maximum Gasteiger partial charge on any atom is 0.226 e. The topological polar surface area (TPSA) is 40.5 Å². The van der Waals surface area contributed by atoms with Crippen molar-refractivity contribution in [1.82, 2.24) is 4.90 Å². The molecule has 1 N–H and O–H groups in total. The summed E-state index contributed by atoms with van der Waals surface area (Å²) in [6, 6.07) is 4.91. The summed E-state index contributed by atoms with van der Waals surface area (Å²) in [6.45, 7) is 0.791. The molecule has 3 rings (SSSR count). The number of aliphatic hydroxyl groups is 1. The second kappa shape index (κ2) is 7.18. The minimum absolute atomic E-state index is 0.145. The van der Waals surface area contributed by atoms with Crippen molar-refractivity contribution in [2.75, 3.05) is 6.54 Å². The number of halogens is 2. The number of benzene rings is 1. The molecule has 1 amide bonds. The van der Waals surface area contributed by atoms with Gasteiger partial charge in [-0.3, -0.25) is 4.79 Å². The number of piperidine rings is 1. The average Bonchev–Trinajstić information content (AvgIpc) is 2.53. The fourth-order valence-electron chi connectivity index (χ4n) is 3.85. The summed E-state index contributed by atoms with van der Waals surface area (Å²) in [5.74, 6) is -0.332. The SMILES string of the molecule is O=C1C(Cc2ccc(Cl)cc2F)CCCN1C1CCC(O)CC1. The Morgan fingerprint density at radius 3 is 2.65 bits per heavy atom. The lowest BCUT2D eigenvalue weighted by atomic mass is 9.86. The Balaban J connectivity index is 1.67. The Morgan fingerprint density at radius 2 is 1.96 bits per heavy atom. The van der Waals surface area contributed by atoms with Crippen molar-refractivity contribution in [1.29, 1.82) is 0 Å². The molecule has 1 aromatic carbocycles. The maximum atomic E-state index is 14.0. The second-order valence-corrected chi connectivity index (χ2v) is 7.21. The highest BCUT2D eigenvalue weighted by molar-refractivity contribution is 6.30. The number of rotatable bonds is 3. The average molecular weight is 340 g/mol. The Bertz CT molecular complexity index is 572. The summed E-state index contributed by atoms with van der Waals surface area (Å²) in [5, 5.41) is 10.0. The molecule has 0 bridgehead atoms. The van der Waals surface area contributed by atoms with E-state index in [1.54, 1.807) is 12.1 Å². The zero-order valence-electron chi connectivity index (χ0n) is 13.2. The molecule has 1 aromatic rings. The van der Waals surface area contributed by atoms with Crippen molar-refractivity contribution in [3.8, 4) is 0 Å². The zero-order chi connectivity index (χ0) is 16.4. The molecule has 1 saturated heterocycles. The van der Waals surface area contributed by atoms with E-state index < -0.39 is 0 Å². The highest BCUT2D eigenvalue weighted by Crippen LogP contribution is 2.30. The molecular weight excluding hydrogens is 317 g/mol. The molecule has 0 spiro atoms. The highest BCUT2D eigenvalue weighted by atomic mass is 35.5. The Kier molecular flexibility index (Phi) is 5.22. The fourth-order valence-corrected chi connectivity index (χ4v) is 4.01. The van der Waals surface area contributed by atoms with Gasteiger partial charge >= 0.3 is 0 Å². The van der Waals surface area contributed by atoms with Crippen molar-refractivity contribution in [2.45, 2.75) is 57.1 Å². The van der Waals surface area contributed by atoms with Crippen LogP contribution in [0.1, 0.15) is 44.1 Å². The molecule has 5 heteroatoms. The van der Waals surface area contributed by atoms with Crippen molar-refractivity contribution in [3.63, 3.8) is 0 Å². The van der Waals surface area contributed by atoms with Crippen LogP contribution in [-0.4, -0.2) is 34.6 Å². The summed E-state index contributed by atoms with van der Waals surface area (Å²) in [7, 11) is 0. The van der Waals surface area contributed by atoms with Gasteiger partial charge < -0.3 is 10.0 Å². The van der Waals surface area contributed by atoms with Crippen molar-refractivity contribution in [2.24, 2.45) is 5.92 Å². The van der Waals surface area contributed by atoms with E-state index in [0.29, 0.717) is 17.0 Å². The molecule has 1 aliphatic heterocycles. The third-order valence-electron chi connectivity index (χ3n) is 5.17. The monoisotopic (exact) mass is 339 g/mol. The van der Waals surface area contributed by atoms with Gasteiger partial charge in [-0.05, 0) is 62.6 Å². The highest BCUT2D eigenvalue weighted by Gasteiger charge is 2.35. The predicted octanol–water partition coefficient (Wildman–Crippen LogP) is 3.56. The molecule has 126 valence electrons. The molecule has 3 nitrogen and oxygen atoms in total. The third-order valence-corrected chi connectivity index (χ3v) is 5.41. The smallest absolute Gasteiger partial charge is 0.226 e. The van der Waals surface area contributed by atoms with Gasteiger partial charge in [0.25, 0.3) is 0 Å². The van der Waals surface area contributed by atoms with E-state index >= 15 is 0 Å². The van der Waals surface area contributed by atoms with E-state index in [1.807, 2.05) is 4.90 Å². The molecule has 2 fully saturated rings. The van der Waals surface area contributed by atoms with Crippen LogP contribution in [0.5, 0.6) is 0 Å². The number of aliphatic hydroxyl groups excluding tert-OH is 1. The van der Waals surface area contributed by atoms with Gasteiger partial charge in [-0.25, -0.2) is 4.39 Å². The van der Waals surface area contributed by atoms with E-state index in [0.717, 1.165) is 45.1 Å². The number of hydrogen-bond acceptors (Lipinski definition) is 2.